The van der Waals surface area contributed by atoms with Crippen LogP contribution < -0.4 is 10.6 Å². The lowest BCUT2D eigenvalue weighted by atomic mass is 10.3. The molecule has 2 amide bonds. The monoisotopic (exact) mass is 322 g/mol. The number of nitrogens with one attached hydrogen (secondary N) is 2. The molecule has 0 aliphatic heterocycles. The van der Waals surface area contributed by atoms with Crippen LogP contribution in [0.5, 0.6) is 0 Å². The standard InChI is InChI=1S/C9H11BrN2O4S/c10-5-1-6(17-4-5)2-11-9(16)12-7(3-13)8(14)15/h1,4,7,13H,2-3H2,(H,14,15)(H2,11,12,16)/t7-/m1/s1. The maximum Gasteiger partial charge on any atom is 0.328 e. The Hall–Kier alpha value is -1.12. The molecule has 1 aromatic heterocycles. The van der Waals surface area contributed by atoms with Crippen molar-refractivity contribution >= 4 is 39.3 Å². The molecule has 0 spiro atoms. The number of aliphatic hydroxyl groups is 1. The van der Waals surface area contributed by atoms with Gasteiger partial charge in [0.15, 0.2) is 6.04 Å². The average molecular weight is 323 g/mol. The van der Waals surface area contributed by atoms with Crippen LogP contribution in [0.4, 0.5) is 4.79 Å². The number of urea groups is 1. The van der Waals surface area contributed by atoms with Crippen molar-refractivity contribution in [1.82, 2.24) is 10.6 Å². The van der Waals surface area contributed by atoms with E-state index in [9.17, 15) is 9.59 Å². The Morgan fingerprint density at radius 2 is 2.24 bits per heavy atom. The highest BCUT2D eigenvalue weighted by molar-refractivity contribution is 9.10. The maximum atomic E-state index is 11.3. The molecule has 1 aromatic rings. The van der Waals surface area contributed by atoms with Crippen LogP contribution in [0.15, 0.2) is 15.9 Å². The normalized spacial score (nSPS) is 11.9. The number of aliphatic hydroxyl groups excluding tert-OH is 1. The summed E-state index contributed by atoms with van der Waals surface area (Å²) in [6, 6.07) is -0.0629. The zero-order valence-corrected chi connectivity index (χ0v) is 11.0. The van der Waals surface area contributed by atoms with E-state index in [0.29, 0.717) is 6.54 Å². The highest BCUT2D eigenvalue weighted by atomic mass is 79.9. The summed E-state index contributed by atoms with van der Waals surface area (Å²) in [7, 11) is 0. The van der Waals surface area contributed by atoms with Crippen LogP contribution in [-0.4, -0.2) is 34.9 Å². The second kappa shape index (κ2) is 6.58. The van der Waals surface area contributed by atoms with Gasteiger partial charge in [0, 0.05) is 14.7 Å². The quantitative estimate of drug-likeness (QED) is 0.643. The third-order valence-corrected chi connectivity index (χ3v) is 3.53. The van der Waals surface area contributed by atoms with Crippen LogP contribution in [0.2, 0.25) is 0 Å². The molecule has 0 aromatic carbocycles. The van der Waals surface area contributed by atoms with Crippen molar-refractivity contribution in [2.24, 2.45) is 0 Å². The van der Waals surface area contributed by atoms with E-state index in [-0.39, 0.29) is 0 Å². The van der Waals surface area contributed by atoms with Gasteiger partial charge in [0.2, 0.25) is 0 Å². The number of carboxylic acid groups (broad SMARTS) is 1. The van der Waals surface area contributed by atoms with E-state index in [4.69, 9.17) is 10.2 Å². The molecular formula is C9H11BrN2O4S. The number of thiophene rings is 1. The molecule has 94 valence electrons. The van der Waals surface area contributed by atoms with Gasteiger partial charge in [0.25, 0.3) is 0 Å². The number of carbonyl (C=O) groups excluding carboxylic acids is 1. The molecule has 0 aliphatic carbocycles. The Balaban J connectivity index is 2.37. The van der Waals surface area contributed by atoms with Crippen molar-refractivity contribution in [2.75, 3.05) is 6.61 Å². The van der Waals surface area contributed by atoms with Crippen LogP contribution in [0.3, 0.4) is 0 Å². The molecule has 0 aliphatic rings. The minimum Gasteiger partial charge on any atom is -0.480 e. The molecule has 1 rings (SSSR count). The average Bonchev–Trinajstić information content (AvgIpc) is 2.68. The van der Waals surface area contributed by atoms with E-state index in [1.54, 1.807) is 0 Å². The van der Waals surface area contributed by atoms with E-state index in [0.717, 1.165) is 9.35 Å². The number of amides is 2. The summed E-state index contributed by atoms with van der Waals surface area (Å²) >= 11 is 4.75. The summed E-state index contributed by atoms with van der Waals surface area (Å²) in [5.41, 5.74) is 0. The lowest BCUT2D eigenvalue weighted by Crippen LogP contribution is -2.47. The summed E-state index contributed by atoms with van der Waals surface area (Å²) in [5, 5.41) is 23.8. The van der Waals surface area contributed by atoms with Gasteiger partial charge in [0.1, 0.15) is 0 Å². The first kappa shape index (κ1) is 13.9. The van der Waals surface area contributed by atoms with Gasteiger partial charge in [-0.3, -0.25) is 0 Å². The van der Waals surface area contributed by atoms with Crippen molar-refractivity contribution in [3.8, 4) is 0 Å². The van der Waals surface area contributed by atoms with Crippen LogP contribution in [-0.2, 0) is 11.3 Å². The molecule has 0 radical (unpaired) electrons. The third-order valence-electron chi connectivity index (χ3n) is 1.83. The molecule has 1 heterocycles. The maximum absolute atomic E-state index is 11.3. The van der Waals surface area contributed by atoms with Crippen molar-refractivity contribution in [2.45, 2.75) is 12.6 Å². The van der Waals surface area contributed by atoms with Gasteiger partial charge in [-0.25, -0.2) is 9.59 Å². The van der Waals surface area contributed by atoms with Gasteiger partial charge >= 0.3 is 12.0 Å². The van der Waals surface area contributed by atoms with Crippen molar-refractivity contribution in [3.63, 3.8) is 0 Å². The first-order valence-electron chi connectivity index (χ1n) is 4.64. The van der Waals surface area contributed by atoms with E-state index >= 15 is 0 Å². The Morgan fingerprint density at radius 1 is 1.53 bits per heavy atom. The van der Waals surface area contributed by atoms with Gasteiger partial charge in [-0.2, -0.15) is 0 Å². The van der Waals surface area contributed by atoms with E-state index in [2.05, 4.69) is 26.6 Å². The zero-order valence-electron chi connectivity index (χ0n) is 8.64. The lowest BCUT2D eigenvalue weighted by Gasteiger charge is -2.11. The topological polar surface area (TPSA) is 98.7 Å². The molecule has 4 N–H and O–H groups in total. The largest absolute Gasteiger partial charge is 0.480 e. The Kier molecular flexibility index (Phi) is 5.39. The predicted molar refractivity (Wildman–Crippen MR) is 65.9 cm³/mol. The van der Waals surface area contributed by atoms with Crippen LogP contribution >= 0.6 is 27.3 Å². The summed E-state index contributed by atoms with van der Waals surface area (Å²) in [6.45, 7) is -0.340. The van der Waals surface area contributed by atoms with E-state index in [1.165, 1.54) is 11.3 Å². The number of aliphatic carboxylic acids is 1. The number of carboxylic acids is 1. The fourth-order valence-electron chi connectivity index (χ4n) is 1.01. The third kappa shape index (κ3) is 4.72. The second-order valence-corrected chi connectivity index (χ2v) is 5.04. The Bertz CT molecular complexity index is 409. The van der Waals surface area contributed by atoms with Gasteiger partial charge < -0.3 is 20.8 Å². The molecule has 1 atom stereocenters. The summed E-state index contributed by atoms with van der Waals surface area (Å²) in [6.07, 6.45) is 0. The molecule has 0 unspecified atom stereocenters. The van der Waals surface area contributed by atoms with Gasteiger partial charge in [-0.05, 0) is 22.0 Å². The lowest BCUT2D eigenvalue weighted by molar-refractivity contribution is -0.140. The highest BCUT2D eigenvalue weighted by Gasteiger charge is 2.18. The van der Waals surface area contributed by atoms with E-state index < -0.39 is 24.6 Å². The van der Waals surface area contributed by atoms with Gasteiger partial charge in [-0.1, -0.05) is 0 Å². The summed E-state index contributed by atoms with van der Waals surface area (Å²) in [4.78, 5) is 22.8. The fourth-order valence-corrected chi connectivity index (χ4v) is 2.40. The first-order valence-corrected chi connectivity index (χ1v) is 6.31. The molecule has 8 heteroatoms. The van der Waals surface area contributed by atoms with Crippen LogP contribution in [0.1, 0.15) is 4.88 Å². The predicted octanol–water partition coefficient (Wildman–Crippen LogP) is 0.755. The van der Waals surface area contributed by atoms with Crippen molar-refractivity contribution in [1.29, 1.82) is 0 Å². The number of rotatable bonds is 5. The smallest absolute Gasteiger partial charge is 0.328 e. The Morgan fingerprint density at radius 3 is 2.71 bits per heavy atom. The first-order chi connectivity index (χ1) is 8.02. The number of hydrogen-bond acceptors (Lipinski definition) is 4. The number of carbonyl (C=O) groups is 2. The zero-order chi connectivity index (χ0) is 12.8. The molecule has 17 heavy (non-hydrogen) atoms. The van der Waals surface area contributed by atoms with Gasteiger partial charge in [0.05, 0.1) is 13.2 Å². The molecule has 6 nitrogen and oxygen atoms in total. The number of halogens is 1. The highest BCUT2D eigenvalue weighted by Crippen LogP contribution is 2.19. The van der Waals surface area contributed by atoms with E-state index in [1.807, 2.05) is 11.4 Å². The minimum absolute atomic E-state index is 0.305. The molecule has 0 fully saturated rings. The van der Waals surface area contributed by atoms with Crippen LogP contribution in [0, 0.1) is 0 Å². The van der Waals surface area contributed by atoms with Crippen molar-refractivity contribution in [3.05, 3.63) is 20.8 Å². The fraction of sp³-hybridized carbons (Fsp3) is 0.333. The summed E-state index contributed by atoms with van der Waals surface area (Å²) < 4.78 is 0.929. The molecular weight excluding hydrogens is 312 g/mol. The summed E-state index contributed by atoms with van der Waals surface area (Å²) in [5.74, 6) is -1.28. The Labute approximate surface area is 110 Å². The molecule has 0 saturated heterocycles. The molecule has 0 saturated carbocycles. The second-order valence-electron chi connectivity index (χ2n) is 3.13. The minimum atomic E-state index is -1.29. The molecule has 0 bridgehead atoms. The van der Waals surface area contributed by atoms with Crippen LogP contribution in [0.25, 0.3) is 0 Å². The number of hydrogen-bond donors (Lipinski definition) is 4. The SMILES string of the molecule is O=C(NCc1cc(Br)cs1)N[C@H](CO)C(=O)O. The van der Waals surface area contributed by atoms with Crippen molar-refractivity contribution < 1.29 is 19.8 Å². The van der Waals surface area contributed by atoms with Gasteiger partial charge in [-0.15, -0.1) is 11.3 Å².